The summed E-state index contributed by atoms with van der Waals surface area (Å²) in [4.78, 5) is 10.4. The molecule has 0 saturated heterocycles. The molecule has 2 rings (SSSR count). The van der Waals surface area contributed by atoms with Crippen molar-refractivity contribution in [3.05, 3.63) is 64.7 Å². The third-order valence-corrected chi connectivity index (χ3v) is 2.83. The van der Waals surface area contributed by atoms with Gasteiger partial charge in [0.2, 0.25) is 0 Å². The molecule has 0 saturated carbocycles. The first-order chi connectivity index (χ1) is 9.95. The van der Waals surface area contributed by atoms with Crippen LogP contribution in [0.15, 0.2) is 42.5 Å². The summed E-state index contributed by atoms with van der Waals surface area (Å²) >= 11 is 5.98. The van der Waals surface area contributed by atoms with Crippen molar-refractivity contribution in [2.75, 3.05) is 0 Å². The second-order valence-electron chi connectivity index (χ2n) is 4.03. The van der Waals surface area contributed by atoms with Crippen molar-refractivity contribution in [3.63, 3.8) is 0 Å². The van der Waals surface area contributed by atoms with Crippen LogP contribution >= 0.6 is 11.6 Å². The Morgan fingerprint density at radius 2 is 1.76 bits per heavy atom. The number of ether oxygens (including phenoxy) is 1. The Morgan fingerprint density at radius 1 is 1.10 bits per heavy atom. The summed E-state index contributed by atoms with van der Waals surface area (Å²) in [5, 5.41) is 8.81. The zero-order valence-electron chi connectivity index (χ0n) is 10.5. The molecule has 2 aromatic carbocycles. The maximum atomic E-state index is 13.1. The summed E-state index contributed by atoms with van der Waals surface area (Å²) in [7, 11) is 0. The highest BCUT2D eigenvalue weighted by molar-refractivity contribution is 6.32. The topological polar surface area (TPSA) is 46.5 Å². The second kappa shape index (κ2) is 6.37. The third kappa shape index (κ3) is 4.03. The maximum absolute atomic E-state index is 13.1. The number of carboxylic acids is 1. The maximum Gasteiger partial charge on any atom is 0.328 e. The van der Waals surface area contributed by atoms with Gasteiger partial charge in [-0.05, 0) is 42.0 Å². The fourth-order valence-corrected chi connectivity index (χ4v) is 1.78. The van der Waals surface area contributed by atoms with Crippen LogP contribution in [0.3, 0.4) is 0 Å². The largest absolute Gasteiger partial charge is 0.478 e. The normalized spacial score (nSPS) is 10.8. The first-order valence-electron chi connectivity index (χ1n) is 5.79. The standard InChI is InChI=1S/C15H9ClF2O3/c16-12-7-10(3-1-9(12)2-6-15(19)20)21-11-4-5-13(17)14(18)8-11/h1-8H,(H,19,20)/b6-2+. The van der Waals surface area contributed by atoms with E-state index in [4.69, 9.17) is 21.4 Å². The van der Waals surface area contributed by atoms with E-state index < -0.39 is 17.6 Å². The Labute approximate surface area is 124 Å². The predicted octanol–water partition coefficient (Wildman–Crippen LogP) is 4.51. The van der Waals surface area contributed by atoms with E-state index in [2.05, 4.69) is 0 Å². The molecule has 2 aromatic rings. The van der Waals surface area contributed by atoms with Crippen LogP contribution < -0.4 is 4.74 Å². The molecule has 0 fully saturated rings. The zero-order chi connectivity index (χ0) is 15.4. The van der Waals surface area contributed by atoms with E-state index in [1.165, 1.54) is 24.3 Å². The summed E-state index contributed by atoms with van der Waals surface area (Å²) in [5.41, 5.74) is 0.497. The molecule has 0 bridgehead atoms. The van der Waals surface area contributed by atoms with Crippen molar-refractivity contribution in [2.24, 2.45) is 0 Å². The minimum absolute atomic E-state index is 0.124. The molecule has 0 radical (unpaired) electrons. The average Bonchev–Trinajstić information content (AvgIpc) is 2.42. The monoisotopic (exact) mass is 310 g/mol. The molecule has 0 unspecified atom stereocenters. The van der Waals surface area contributed by atoms with Gasteiger partial charge in [-0.1, -0.05) is 11.6 Å². The summed E-state index contributed by atoms with van der Waals surface area (Å²) in [5.74, 6) is -2.63. The molecule has 21 heavy (non-hydrogen) atoms. The highest BCUT2D eigenvalue weighted by Gasteiger charge is 2.06. The number of carboxylic acid groups (broad SMARTS) is 1. The van der Waals surface area contributed by atoms with Crippen LogP contribution in [0.2, 0.25) is 5.02 Å². The van der Waals surface area contributed by atoms with Gasteiger partial charge in [-0.2, -0.15) is 0 Å². The average molecular weight is 311 g/mol. The number of aliphatic carboxylic acids is 1. The van der Waals surface area contributed by atoms with Crippen LogP contribution in [0.25, 0.3) is 6.08 Å². The highest BCUT2D eigenvalue weighted by atomic mass is 35.5. The van der Waals surface area contributed by atoms with Crippen LogP contribution in [0, 0.1) is 11.6 Å². The SMILES string of the molecule is O=C(O)/C=C/c1ccc(Oc2ccc(F)c(F)c2)cc1Cl. The fraction of sp³-hybridized carbons (Fsp3) is 0. The lowest BCUT2D eigenvalue weighted by Gasteiger charge is -2.07. The Balaban J connectivity index is 2.20. The van der Waals surface area contributed by atoms with Crippen molar-refractivity contribution in [3.8, 4) is 11.5 Å². The van der Waals surface area contributed by atoms with E-state index in [1.54, 1.807) is 6.07 Å². The molecular formula is C15H9ClF2O3. The molecule has 0 aliphatic heterocycles. The van der Waals surface area contributed by atoms with Crippen molar-refractivity contribution in [1.29, 1.82) is 0 Å². The molecule has 0 heterocycles. The Kier molecular flexibility index (Phi) is 4.55. The number of hydrogen-bond acceptors (Lipinski definition) is 2. The zero-order valence-corrected chi connectivity index (χ0v) is 11.3. The van der Waals surface area contributed by atoms with Gasteiger partial charge in [0.15, 0.2) is 11.6 Å². The Bertz CT molecular complexity index is 714. The molecule has 0 aromatic heterocycles. The highest BCUT2D eigenvalue weighted by Crippen LogP contribution is 2.28. The lowest BCUT2D eigenvalue weighted by atomic mass is 10.2. The summed E-state index contributed by atoms with van der Waals surface area (Å²) in [6.07, 6.45) is 2.29. The third-order valence-electron chi connectivity index (χ3n) is 2.50. The van der Waals surface area contributed by atoms with Gasteiger partial charge in [0.25, 0.3) is 0 Å². The van der Waals surface area contributed by atoms with E-state index in [0.717, 1.165) is 18.2 Å². The molecular weight excluding hydrogens is 302 g/mol. The van der Waals surface area contributed by atoms with E-state index in [-0.39, 0.29) is 10.8 Å². The lowest BCUT2D eigenvalue weighted by molar-refractivity contribution is -0.131. The quantitative estimate of drug-likeness (QED) is 0.845. The van der Waals surface area contributed by atoms with Gasteiger partial charge in [0.1, 0.15) is 11.5 Å². The minimum Gasteiger partial charge on any atom is -0.478 e. The van der Waals surface area contributed by atoms with E-state index in [9.17, 15) is 13.6 Å². The summed E-state index contributed by atoms with van der Waals surface area (Å²) in [6, 6.07) is 7.69. The van der Waals surface area contributed by atoms with Crippen molar-refractivity contribution in [2.45, 2.75) is 0 Å². The number of hydrogen-bond donors (Lipinski definition) is 1. The Hall–Kier alpha value is -2.40. The first-order valence-corrected chi connectivity index (χ1v) is 6.17. The van der Waals surface area contributed by atoms with Gasteiger partial charge in [0.05, 0.1) is 5.02 Å². The van der Waals surface area contributed by atoms with Gasteiger partial charge < -0.3 is 9.84 Å². The molecule has 0 aliphatic carbocycles. The Morgan fingerprint density at radius 3 is 2.38 bits per heavy atom. The van der Waals surface area contributed by atoms with Crippen LogP contribution in [0.1, 0.15) is 5.56 Å². The number of benzene rings is 2. The number of rotatable bonds is 4. The number of carbonyl (C=O) groups is 1. The van der Waals surface area contributed by atoms with Gasteiger partial charge in [-0.3, -0.25) is 0 Å². The molecule has 3 nitrogen and oxygen atoms in total. The lowest BCUT2D eigenvalue weighted by Crippen LogP contribution is -1.89. The summed E-state index contributed by atoms with van der Waals surface area (Å²) < 4.78 is 31.2. The molecule has 0 aliphatic rings. The second-order valence-corrected chi connectivity index (χ2v) is 4.44. The summed E-state index contributed by atoms with van der Waals surface area (Å²) in [6.45, 7) is 0. The molecule has 6 heteroatoms. The number of halogens is 3. The molecule has 1 N–H and O–H groups in total. The van der Waals surface area contributed by atoms with E-state index in [0.29, 0.717) is 11.3 Å². The van der Waals surface area contributed by atoms with Gasteiger partial charge in [0, 0.05) is 12.1 Å². The minimum atomic E-state index is -1.09. The first kappa shape index (κ1) is 15.0. The van der Waals surface area contributed by atoms with Crippen LogP contribution in [-0.2, 0) is 4.79 Å². The van der Waals surface area contributed by atoms with E-state index in [1.807, 2.05) is 0 Å². The van der Waals surface area contributed by atoms with E-state index >= 15 is 0 Å². The van der Waals surface area contributed by atoms with Crippen molar-refractivity contribution in [1.82, 2.24) is 0 Å². The fourth-order valence-electron chi connectivity index (χ4n) is 1.54. The van der Waals surface area contributed by atoms with Crippen LogP contribution in [0.5, 0.6) is 11.5 Å². The molecule has 0 atom stereocenters. The smallest absolute Gasteiger partial charge is 0.328 e. The van der Waals surface area contributed by atoms with Crippen molar-refractivity contribution >= 4 is 23.6 Å². The molecule has 0 spiro atoms. The van der Waals surface area contributed by atoms with Gasteiger partial charge in [-0.25, -0.2) is 13.6 Å². The van der Waals surface area contributed by atoms with Crippen LogP contribution in [0.4, 0.5) is 8.78 Å². The van der Waals surface area contributed by atoms with Crippen LogP contribution in [-0.4, -0.2) is 11.1 Å². The predicted molar refractivity (Wildman–Crippen MR) is 74.6 cm³/mol. The van der Waals surface area contributed by atoms with Gasteiger partial charge >= 0.3 is 5.97 Å². The molecule has 108 valence electrons. The van der Waals surface area contributed by atoms with Gasteiger partial charge in [-0.15, -0.1) is 0 Å². The van der Waals surface area contributed by atoms with Crippen molar-refractivity contribution < 1.29 is 23.4 Å². The molecule has 0 amide bonds.